The van der Waals surface area contributed by atoms with E-state index in [1.165, 1.54) is 16.5 Å². The van der Waals surface area contributed by atoms with Gasteiger partial charge in [0.05, 0.1) is 6.61 Å². The molecule has 2 aliphatic heterocycles. The normalized spacial score (nSPS) is 16.9. The van der Waals surface area contributed by atoms with Crippen molar-refractivity contribution in [1.29, 1.82) is 0 Å². The monoisotopic (exact) mass is 362 g/mol. The number of amides is 1. The van der Waals surface area contributed by atoms with Crippen LogP contribution in [0.15, 0.2) is 48.5 Å². The van der Waals surface area contributed by atoms with Gasteiger partial charge >= 0.3 is 0 Å². The first-order valence-corrected chi connectivity index (χ1v) is 9.52. The molecule has 5 rings (SSSR count). The first-order chi connectivity index (χ1) is 13.3. The third-order valence-electron chi connectivity index (χ3n) is 5.39. The number of carbonyl (C=O) groups is 1. The van der Waals surface area contributed by atoms with Gasteiger partial charge in [-0.05, 0) is 22.9 Å². The summed E-state index contributed by atoms with van der Waals surface area (Å²) in [7, 11) is 0. The third-order valence-corrected chi connectivity index (χ3v) is 5.39. The van der Waals surface area contributed by atoms with Crippen molar-refractivity contribution in [2.75, 3.05) is 37.7 Å². The van der Waals surface area contributed by atoms with Crippen molar-refractivity contribution in [3.63, 3.8) is 0 Å². The Hall–Kier alpha value is -3.02. The molecule has 1 amide bonds. The number of hydrogen-bond donors (Lipinski definition) is 0. The van der Waals surface area contributed by atoms with Gasteiger partial charge in [-0.1, -0.05) is 30.3 Å². The fourth-order valence-corrected chi connectivity index (χ4v) is 3.87. The number of benzene rings is 2. The number of rotatable bonds is 2. The summed E-state index contributed by atoms with van der Waals surface area (Å²) < 4.78 is 7.37. The topological polar surface area (TPSA) is 50.6 Å². The maximum Gasteiger partial charge on any atom is 0.274 e. The molecule has 0 saturated carbocycles. The SMILES string of the molecule is O=C(c1cc2n(n1)CCCO2)N1CCN(c2ccc3ccccc3c2)CC1. The van der Waals surface area contributed by atoms with Crippen LogP contribution < -0.4 is 9.64 Å². The fraction of sp³-hybridized carbons (Fsp3) is 0.333. The molecule has 2 aromatic carbocycles. The van der Waals surface area contributed by atoms with Crippen LogP contribution in [0.4, 0.5) is 5.69 Å². The Morgan fingerprint density at radius 3 is 2.56 bits per heavy atom. The Morgan fingerprint density at radius 2 is 1.74 bits per heavy atom. The lowest BCUT2D eigenvalue weighted by Crippen LogP contribution is -2.48. The van der Waals surface area contributed by atoms with Crippen molar-refractivity contribution in [3.8, 4) is 5.88 Å². The summed E-state index contributed by atoms with van der Waals surface area (Å²) in [6, 6.07) is 16.7. The number of carbonyl (C=O) groups excluding carboxylic acids is 1. The minimum atomic E-state index is -0.00124. The van der Waals surface area contributed by atoms with E-state index in [9.17, 15) is 4.79 Å². The highest BCUT2D eigenvalue weighted by molar-refractivity contribution is 5.93. The zero-order valence-corrected chi connectivity index (χ0v) is 15.2. The highest BCUT2D eigenvalue weighted by Crippen LogP contribution is 2.24. The summed E-state index contributed by atoms with van der Waals surface area (Å²) in [5.41, 5.74) is 1.71. The van der Waals surface area contributed by atoms with Crippen LogP contribution in [0.1, 0.15) is 16.9 Å². The van der Waals surface area contributed by atoms with E-state index in [0.29, 0.717) is 31.3 Å². The fourth-order valence-electron chi connectivity index (χ4n) is 3.87. The van der Waals surface area contributed by atoms with Gasteiger partial charge < -0.3 is 14.5 Å². The van der Waals surface area contributed by atoms with E-state index < -0.39 is 0 Å². The second-order valence-electron chi connectivity index (χ2n) is 7.10. The molecule has 1 aromatic heterocycles. The number of piperazine rings is 1. The number of nitrogens with zero attached hydrogens (tertiary/aromatic N) is 4. The number of aromatic nitrogens is 2. The first kappa shape index (κ1) is 16.2. The predicted molar refractivity (Wildman–Crippen MR) is 104 cm³/mol. The largest absolute Gasteiger partial charge is 0.478 e. The standard InChI is InChI=1S/C21H22N4O2/c26-21(19-15-20-25(22-19)8-3-13-27-20)24-11-9-23(10-12-24)18-7-6-16-4-1-2-5-17(16)14-18/h1-2,4-7,14-15H,3,8-13H2. The van der Waals surface area contributed by atoms with E-state index in [0.717, 1.165) is 26.1 Å². The van der Waals surface area contributed by atoms with E-state index in [1.54, 1.807) is 10.7 Å². The van der Waals surface area contributed by atoms with Crippen molar-refractivity contribution >= 4 is 22.4 Å². The smallest absolute Gasteiger partial charge is 0.274 e. The Labute approximate surface area is 157 Å². The summed E-state index contributed by atoms with van der Waals surface area (Å²) in [6.45, 7) is 4.58. The van der Waals surface area contributed by atoms with Gasteiger partial charge in [-0.25, -0.2) is 4.68 Å². The molecule has 3 aromatic rings. The summed E-state index contributed by atoms with van der Waals surface area (Å²) in [6.07, 6.45) is 0.937. The Bertz CT molecular complexity index is 965. The van der Waals surface area contributed by atoms with Gasteiger partial charge in [-0.15, -0.1) is 0 Å². The summed E-state index contributed by atoms with van der Waals surface area (Å²) in [5, 5.41) is 6.92. The van der Waals surface area contributed by atoms with Crippen molar-refractivity contribution in [2.24, 2.45) is 0 Å². The minimum Gasteiger partial charge on any atom is -0.478 e. The molecule has 0 bridgehead atoms. The zero-order chi connectivity index (χ0) is 18.2. The Morgan fingerprint density at radius 1 is 0.926 bits per heavy atom. The van der Waals surface area contributed by atoms with Crippen LogP contribution in [0.25, 0.3) is 10.8 Å². The van der Waals surface area contributed by atoms with Crippen molar-refractivity contribution < 1.29 is 9.53 Å². The number of hydrogen-bond acceptors (Lipinski definition) is 4. The molecule has 0 N–H and O–H groups in total. The third kappa shape index (κ3) is 3.01. The molecule has 27 heavy (non-hydrogen) atoms. The van der Waals surface area contributed by atoms with Crippen LogP contribution in [0.2, 0.25) is 0 Å². The van der Waals surface area contributed by atoms with Gasteiger partial charge in [-0.3, -0.25) is 4.79 Å². The molecule has 6 nitrogen and oxygen atoms in total. The highest BCUT2D eigenvalue weighted by Gasteiger charge is 2.26. The Kier molecular flexibility index (Phi) is 3.96. The van der Waals surface area contributed by atoms with Crippen LogP contribution in [0, 0.1) is 0 Å². The van der Waals surface area contributed by atoms with Gasteiger partial charge in [-0.2, -0.15) is 5.10 Å². The molecule has 138 valence electrons. The van der Waals surface area contributed by atoms with Crippen LogP contribution >= 0.6 is 0 Å². The van der Waals surface area contributed by atoms with Crippen LogP contribution in [-0.2, 0) is 6.54 Å². The van der Waals surface area contributed by atoms with Crippen LogP contribution in [0.3, 0.4) is 0 Å². The first-order valence-electron chi connectivity index (χ1n) is 9.52. The second-order valence-corrected chi connectivity index (χ2v) is 7.10. The van der Waals surface area contributed by atoms with Crippen LogP contribution in [0.5, 0.6) is 5.88 Å². The zero-order valence-electron chi connectivity index (χ0n) is 15.2. The lowest BCUT2D eigenvalue weighted by atomic mass is 10.1. The quantitative estimate of drug-likeness (QED) is 0.703. The maximum atomic E-state index is 12.8. The van der Waals surface area contributed by atoms with Gasteiger partial charge in [0.1, 0.15) is 0 Å². The molecule has 3 heterocycles. The molecular formula is C21H22N4O2. The molecule has 1 fully saturated rings. The van der Waals surface area contributed by atoms with Crippen LogP contribution in [-0.4, -0.2) is 53.4 Å². The van der Waals surface area contributed by atoms with Crippen molar-refractivity contribution in [1.82, 2.24) is 14.7 Å². The molecule has 1 saturated heterocycles. The highest BCUT2D eigenvalue weighted by atomic mass is 16.5. The lowest BCUT2D eigenvalue weighted by molar-refractivity contribution is 0.0740. The molecular weight excluding hydrogens is 340 g/mol. The number of aryl methyl sites for hydroxylation is 1. The molecule has 0 atom stereocenters. The van der Waals surface area contributed by atoms with Gasteiger partial charge in [0.25, 0.3) is 5.91 Å². The summed E-state index contributed by atoms with van der Waals surface area (Å²) in [4.78, 5) is 17.1. The molecule has 0 spiro atoms. The average Bonchev–Trinajstić information content (AvgIpc) is 3.17. The van der Waals surface area contributed by atoms with Gasteiger partial charge in [0, 0.05) is 50.9 Å². The molecule has 0 aliphatic carbocycles. The second kappa shape index (κ2) is 6.61. The minimum absolute atomic E-state index is 0.00124. The number of anilines is 1. The van der Waals surface area contributed by atoms with E-state index in [1.807, 2.05) is 4.90 Å². The van der Waals surface area contributed by atoms with E-state index in [2.05, 4.69) is 52.5 Å². The van der Waals surface area contributed by atoms with E-state index in [4.69, 9.17) is 4.74 Å². The summed E-state index contributed by atoms with van der Waals surface area (Å²) >= 11 is 0. The summed E-state index contributed by atoms with van der Waals surface area (Å²) in [5.74, 6) is 0.707. The van der Waals surface area contributed by atoms with Crippen molar-refractivity contribution in [3.05, 3.63) is 54.2 Å². The Balaban J connectivity index is 1.27. The van der Waals surface area contributed by atoms with Crippen molar-refractivity contribution in [2.45, 2.75) is 13.0 Å². The molecule has 6 heteroatoms. The predicted octanol–water partition coefficient (Wildman–Crippen LogP) is 2.78. The van der Waals surface area contributed by atoms with E-state index in [-0.39, 0.29) is 5.91 Å². The molecule has 0 unspecified atom stereocenters. The maximum absolute atomic E-state index is 12.8. The van der Waals surface area contributed by atoms with E-state index >= 15 is 0 Å². The molecule has 2 aliphatic rings. The van der Waals surface area contributed by atoms with Gasteiger partial charge in [0.2, 0.25) is 5.88 Å². The molecule has 0 radical (unpaired) electrons. The van der Waals surface area contributed by atoms with Gasteiger partial charge in [0.15, 0.2) is 5.69 Å². The number of ether oxygens (including phenoxy) is 1. The average molecular weight is 362 g/mol. The lowest BCUT2D eigenvalue weighted by Gasteiger charge is -2.36. The number of fused-ring (bicyclic) bond motifs is 2.